The zero-order valence-corrected chi connectivity index (χ0v) is 15.7. The molecular weight excluding hydrogens is 342 g/mol. The van der Waals surface area contributed by atoms with Gasteiger partial charge in [-0.3, -0.25) is 14.2 Å². The van der Waals surface area contributed by atoms with Gasteiger partial charge in [-0.15, -0.1) is 0 Å². The minimum Gasteiger partial charge on any atom is -0.326 e. The lowest BCUT2D eigenvalue weighted by Crippen LogP contribution is -2.36. The van der Waals surface area contributed by atoms with Crippen LogP contribution in [-0.4, -0.2) is 15.5 Å². The topological polar surface area (TPSA) is 84.0 Å². The van der Waals surface area contributed by atoms with Gasteiger partial charge in [-0.2, -0.15) is 0 Å². The van der Waals surface area contributed by atoms with Crippen molar-refractivity contribution in [3.05, 3.63) is 74.4 Å². The molecule has 0 bridgehead atoms. The van der Waals surface area contributed by atoms with Crippen LogP contribution in [-0.2, 0) is 11.3 Å². The fraction of sp³-hybridized carbons (Fsp3) is 0.286. The number of H-pyrrole nitrogens is 1. The summed E-state index contributed by atoms with van der Waals surface area (Å²) < 4.78 is 1.07. The van der Waals surface area contributed by atoms with Crippen molar-refractivity contribution in [3.8, 4) is 0 Å². The predicted octanol–water partition coefficient (Wildman–Crippen LogP) is 3.15. The van der Waals surface area contributed by atoms with Crippen LogP contribution >= 0.6 is 0 Å². The number of para-hydroxylation sites is 1. The van der Waals surface area contributed by atoms with Gasteiger partial charge in [-0.05, 0) is 42.2 Å². The Kier molecular flexibility index (Phi) is 5.26. The number of nitrogens with zero attached hydrogens (tertiary/aromatic N) is 1. The fourth-order valence-corrected chi connectivity index (χ4v) is 3.01. The number of amides is 1. The summed E-state index contributed by atoms with van der Waals surface area (Å²) in [5.41, 5.74) is 2.52. The van der Waals surface area contributed by atoms with Crippen LogP contribution in [0, 0.1) is 6.92 Å². The number of carbonyl (C=O) groups excluding carboxylic acids is 1. The maximum Gasteiger partial charge on any atom is 0.328 e. The second kappa shape index (κ2) is 7.61. The molecule has 3 rings (SSSR count). The third-order valence-electron chi connectivity index (χ3n) is 4.64. The molecule has 0 unspecified atom stereocenters. The van der Waals surface area contributed by atoms with Crippen LogP contribution in [0.1, 0.15) is 37.3 Å². The van der Waals surface area contributed by atoms with E-state index >= 15 is 0 Å². The van der Waals surface area contributed by atoms with Gasteiger partial charge in [0.25, 0.3) is 5.56 Å². The summed E-state index contributed by atoms with van der Waals surface area (Å²) in [5, 5.41) is 3.28. The summed E-state index contributed by atoms with van der Waals surface area (Å²) in [5.74, 6) is 0.176. The van der Waals surface area contributed by atoms with Gasteiger partial charge in [0, 0.05) is 18.7 Å². The maximum atomic E-state index is 12.5. The Bertz CT molecular complexity index is 1110. The molecule has 3 aromatic rings. The molecule has 1 amide bonds. The lowest BCUT2D eigenvalue weighted by molar-refractivity contribution is -0.116. The van der Waals surface area contributed by atoms with E-state index in [0.717, 1.165) is 15.8 Å². The van der Waals surface area contributed by atoms with Gasteiger partial charge in [0.1, 0.15) is 0 Å². The second-order valence-corrected chi connectivity index (χ2v) is 6.96. The van der Waals surface area contributed by atoms with Gasteiger partial charge in [-0.1, -0.05) is 38.1 Å². The summed E-state index contributed by atoms with van der Waals surface area (Å²) in [6.07, 6.45) is 0.0344. The number of fused-ring (bicyclic) bond motifs is 1. The van der Waals surface area contributed by atoms with Crippen molar-refractivity contribution in [2.45, 2.75) is 39.7 Å². The summed E-state index contributed by atoms with van der Waals surface area (Å²) in [6, 6.07) is 12.8. The molecule has 0 aliphatic carbocycles. The van der Waals surface area contributed by atoms with E-state index in [4.69, 9.17) is 0 Å². The molecule has 0 saturated carbocycles. The molecule has 2 aromatic carbocycles. The molecule has 6 nitrogen and oxygen atoms in total. The Labute approximate surface area is 156 Å². The van der Waals surface area contributed by atoms with Crippen LogP contribution in [0.15, 0.2) is 52.1 Å². The Morgan fingerprint density at radius 2 is 1.89 bits per heavy atom. The molecule has 0 aliphatic rings. The van der Waals surface area contributed by atoms with Crippen molar-refractivity contribution in [1.82, 2.24) is 9.55 Å². The summed E-state index contributed by atoms with van der Waals surface area (Å²) >= 11 is 0. The van der Waals surface area contributed by atoms with E-state index in [1.54, 1.807) is 24.3 Å². The highest BCUT2D eigenvalue weighted by molar-refractivity contribution is 5.91. The molecule has 27 heavy (non-hydrogen) atoms. The van der Waals surface area contributed by atoms with Crippen molar-refractivity contribution in [2.75, 3.05) is 5.32 Å². The predicted molar refractivity (Wildman–Crippen MR) is 107 cm³/mol. The third kappa shape index (κ3) is 4.00. The number of hydrogen-bond acceptors (Lipinski definition) is 3. The fourth-order valence-electron chi connectivity index (χ4n) is 3.01. The molecule has 1 aromatic heterocycles. The number of aromatic amines is 1. The lowest BCUT2D eigenvalue weighted by atomic mass is 10.0. The summed E-state index contributed by atoms with van der Waals surface area (Å²) in [6.45, 7) is 6.20. The van der Waals surface area contributed by atoms with Crippen LogP contribution in [0.3, 0.4) is 0 Å². The molecule has 140 valence electrons. The normalized spacial score (nSPS) is 11.1. The molecule has 0 atom stereocenters. The smallest absolute Gasteiger partial charge is 0.326 e. The highest BCUT2D eigenvalue weighted by Crippen LogP contribution is 2.21. The average molecular weight is 365 g/mol. The van der Waals surface area contributed by atoms with Gasteiger partial charge < -0.3 is 10.3 Å². The van der Waals surface area contributed by atoms with E-state index in [1.807, 2.05) is 19.1 Å². The van der Waals surface area contributed by atoms with Crippen LogP contribution in [0.5, 0.6) is 0 Å². The standard InChI is InChI=1S/C21H23N3O3/c1-13(2)15-8-9-17(14(3)12-15)22-19(25)10-11-24-20(26)16-6-4-5-7-18(16)23-21(24)27/h4-9,12-13H,10-11H2,1-3H3,(H,22,25)(H,23,27). The van der Waals surface area contributed by atoms with Gasteiger partial charge in [0.15, 0.2) is 0 Å². The molecule has 0 aliphatic heterocycles. The van der Waals surface area contributed by atoms with Crippen molar-refractivity contribution in [1.29, 1.82) is 0 Å². The quantitative estimate of drug-likeness (QED) is 0.728. The largest absolute Gasteiger partial charge is 0.328 e. The van der Waals surface area contributed by atoms with Crippen LogP contribution in [0.4, 0.5) is 5.69 Å². The number of nitrogens with one attached hydrogen (secondary N) is 2. The van der Waals surface area contributed by atoms with Crippen LogP contribution in [0.2, 0.25) is 0 Å². The molecule has 0 spiro atoms. The molecular formula is C21H23N3O3. The zero-order chi connectivity index (χ0) is 19.6. The Morgan fingerprint density at radius 1 is 1.15 bits per heavy atom. The highest BCUT2D eigenvalue weighted by atomic mass is 16.2. The Balaban J connectivity index is 1.74. The second-order valence-electron chi connectivity index (χ2n) is 6.96. The van der Waals surface area contributed by atoms with Gasteiger partial charge in [-0.25, -0.2) is 4.79 Å². The van der Waals surface area contributed by atoms with E-state index in [1.165, 1.54) is 5.56 Å². The highest BCUT2D eigenvalue weighted by Gasteiger charge is 2.11. The van der Waals surface area contributed by atoms with E-state index in [2.05, 4.69) is 30.2 Å². The zero-order valence-electron chi connectivity index (χ0n) is 15.7. The summed E-state index contributed by atoms with van der Waals surface area (Å²) in [7, 11) is 0. The summed E-state index contributed by atoms with van der Waals surface area (Å²) in [4.78, 5) is 39.6. The van der Waals surface area contributed by atoms with Crippen molar-refractivity contribution in [3.63, 3.8) is 0 Å². The number of rotatable bonds is 5. The van der Waals surface area contributed by atoms with E-state index in [9.17, 15) is 14.4 Å². The Morgan fingerprint density at radius 3 is 2.59 bits per heavy atom. The maximum absolute atomic E-state index is 12.5. The number of carbonyl (C=O) groups is 1. The van der Waals surface area contributed by atoms with Gasteiger partial charge in [0.2, 0.25) is 5.91 Å². The Hall–Kier alpha value is -3.15. The van der Waals surface area contributed by atoms with Gasteiger partial charge >= 0.3 is 5.69 Å². The number of anilines is 1. The SMILES string of the molecule is Cc1cc(C(C)C)ccc1NC(=O)CCn1c(=O)[nH]c2ccccc2c1=O. The molecule has 2 N–H and O–H groups in total. The average Bonchev–Trinajstić information content (AvgIpc) is 2.63. The number of hydrogen-bond donors (Lipinski definition) is 2. The molecule has 6 heteroatoms. The minimum absolute atomic E-state index is 0.0218. The van der Waals surface area contributed by atoms with Crippen LogP contribution in [0.25, 0.3) is 10.9 Å². The van der Waals surface area contributed by atoms with Crippen LogP contribution < -0.4 is 16.6 Å². The van der Waals surface area contributed by atoms with Crippen molar-refractivity contribution < 1.29 is 4.79 Å². The van der Waals surface area contributed by atoms with Crippen molar-refractivity contribution >= 4 is 22.5 Å². The third-order valence-corrected chi connectivity index (χ3v) is 4.64. The first-order chi connectivity index (χ1) is 12.9. The van der Waals surface area contributed by atoms with Gasteiger partial charge in [0.05, 0.1) is 10.9 Å². The molecule has 0 fully saturated rings. The number of aromatic nitrogens is 2. The monoisotopic (exact) mass is 365 g/mol. The van der Waals surface area contributed by atoms with E-state index < -0.39 is 5.69 Å². The first kappa shape index (κ1) is 18.6. The molecule has 0 radical (unpaired) electrons. The van der Waals surface area contributed by atoms with E-state index in [-0.39, 0.29) is 24.4 Å². The first-order valence-corrected chi connectivity index (χ1v) is 8.99. The lowest BCUT2D eigenvalue weighted by Gasteiger charge is -2.12. The molecule has 1 heterocycles. The number of benzene rings is 2. The minimum atomic E-state index is -0.510. The van der Waals surface area contributed by atoms with Crippen molar-refractivity contribution in [2.24, 2.45) is 0 Å². The number of aryl methyl sites for hydroxylation is 1. The molecule has 0 saturated heterocycles. The van der Waals surface area contributed by atoms with E-state index in [0.29, 0.717) is 16.8 Å². The first-order valence-electron chi connectivity index (χ1n) is 8.99.